The summed E-state index contributed by atoms with van der Waals surface area (Å²) in [4.78, 5) is 0. The van der Waals surface area contributed by atoms with Gasteiger partial charge < -0.3 is 9.47 Å². The third kappa shape index (κ3) is 2.56. The fourth-order valence-corrected chi connectivity index (χ4v) is 3.06. The van der Waals surface area contributed by atoms with Crippen LogP contribution in [0.4, 0.5) is 0 Å². The molecule has 1 aliphatic carbocycles. The minimum atomic E-state index is 0.0127. The van der Waals surface area contributed by atoms with E-state index in [-0.39, 0.29) is 12.4 Å². The summed E-state index contributed by atoms with van der Waals surface area (Å²) in [5.74, 6) is 0. The SMILES string of the molecule is Brc1ccc2c(c1)C(OC1CCCCO1)CC2. The molecule has 2 unspecified atom stereocenters. The van der Waals surface area contributed by atoms with Crippen molar-refractivity contribution in [3.63, 3.8) is 0 Å². The summed E-state index contributed by atoms with van der Waals surface area (Å²) >= 11 is 3.53. The van der Waals surface area contributed by atoms with E-state index in [0.717, 1.165) is 30.3 Å². The monoisotopic (exact) mass is 296 g/mol. The molecule has 1 heterocycles. The predicted octanol–water partition coefficient (Wildman–Crippen LogP) is 3.98. The van der Waals surface area contributed by atoms with Gasteiger partial charge >= 0.3 is 0 Å². The van der Waals surface area contributed by atoms with Gasteiger partial charge in [0.2, 0.25) is 0 Å². The number of aryl methyl sites for hydroxylation is 1. The Morgan fingerprint density at radius 1 is 1.24 bits per heavy atom. The second-order valence-corrected chi connectivity index (χ2v) is 5.72. The van der Waals surface area contributed by atoms with Gasteiger partial charge in [-0.2, -0.15) is 0 Å². The van der Waals surface area contributed by atoms with E-state index in [9.17, 15) is 0 Å². The van der Waals surface area contributed by atoms with E-state index < -0.39 is 0 Å². The highest BCUT2D eigenvalue weighted by Crippen LogP contribution is 2.37. The van der Waals surface area contributed by atoms with Crippen molar-refractivity contribution >= 4 is 15.9 Å². The largest absolute Gasteiger partial charge is 0.353 e. The van der Waals surface area contributed by atoms with Crippen molar-refractivity contribution in [3.05, 3.63) is 33.8 Å². The molecule has 2 aliphatic rings. The van der Waals surface area contributed by atoms with Gasteiger partial charge in [0.1, 0.15) is 0 Å². The molecule has 1 aliphatic heterocycles. The Morgan fingerprint density at radius 2 is 2.18 bits per heavy atom. The molecule has 3 heteroatoms. The topological polar surface area (TPSA) is 18.5 Å². The van der Waals surface area contributed by atoms with Gasteiger partial charge in [-0.1, -0.05) is 22.0 Å². The molecule has 2 atom stereocenters. The zero-order valence-corrected chi connectivity index (χ0v) is 11.4. The van der Waals surface area contributed by atoms with Crippen molar-refractivity contribution in [2.24, 2.45) is 0 Å². The number of benzene rings is 1. The Hall–Kier alpha value is -0.380. The first-order valence-electron chi connectivity index (χ1n) is 6.38. The third-order valence-corrected chi connectivity index (χ3v) is 4.08. The molecule has 1 aromatic carbocycles. The Balaban J connectivity index is 1.72. The van der Waals surface area contributed by atoms with Crippen molar-refractivity contribution in [2.75, 3.05) is 6.61 Å². The van der Waals surface area contributed by atoms with E-state index in [4.69, 9.17) is 9.47 Å². The molecule has 1 fully saturated rings. The molecule has 0 amide bonds. The smallest absolute Gasteiger partial charge is 0.158 e. The Labute approximate surface area is 110 Å². The highest BCUT2D eigenvalue weighted by Gasteiger charge is 2.27. The first kappa shape index (κ1) is 11.7. The second kappa shape index (κ2) is 5.09. The molecule has 2 nitrogen and oxygen atoms in total. The van der Waals surface area contributed by atoms with Gasteiger partial charge in [-0.05, 0) is 55.4 Å². The summed E-state index contributed by atoms with van der Waals surface area (Å²) in [6.07, 6.45) is 5.89. The Kier molecular flexibility index (Phi) is 3.50. The van der Waals surface area contributed by atoms with Crippen LogP contribution in [-0.4, -0.2) is 12.9 Å². The van der Waals surface area contributed by atoms with Crippen LogP contribution in [0, 0.1) is 0 Å². The average Bonchev–Trinajstić information content (AvgIpc) is 2.73. The van der Waals surface area contributed by atoms with Crippen LogP contribution >= 0.6 is 15.9 Å². The van der Waals surface area contributed by atoms with Crippen LogP contribution in [0.25, 0.3) is 0 Å². The normalized spacial score (nSPS) is 28.1. The fraction of sp³-hybridized carbons (Fsp3) is 0.571. The molecule has 1 saturated heterocycles. The van der Waals surface area contributed by atoms with Gasteiger partial charge in [0, 0.05) is 11.1 Å². The van der Waals surface area contributed by atoms with Crippen LogP contribution in [0.5, 0.6) is 0 Å². The van der Waals surface area contributed by atoms with Gasteiger partial charge in [0.25, 0.3) is 0 Å². The van der Waals surface area contributed by atoms with E-state index in [1.807, 2.05) is 0 Å². The second-order valence-electron chi connectivity index (χ2n) is 4.80. The molecule has 0 radical (unpaired) electrons. The van der Waals surface area contributed by atoms with Crippen LogP contribution in [0.1, 0.15) is 42.9 Å². The van der Waals surface area contributed by atoms with Crippen LogP contribution < -0.4 is 0 Å². The molecular formula is C14H17BrO2. The first-order valence-corrected chi connectivity index (χ1v) is 7.17. The lowest BCUT2D eigenvalue weighted by molar-refractivity contribution is -0.189. The maximum atomic E-state index is 6.09. The van der Waals surface area contributed by atoms with Crippen molar-refractivity contribution in [1.82, 2.24) is 0 Å². The molecular weight excluding hydrogens is 280 g/mol. The van der Waals surface area contributed by atoms with Gasteiger partial charge in [-0.3, -0.25) is 0 Å². The summed E-state index contributed by atoms with van der Waals surface area (Å²) in [6.45, 7) is 0.850. The highest BCUT2D eigenvalue weighted by atomic mass is 79.9. The van der Waals surface area contributed by atoms with Crippen molar-refractivity contribution < 1.29 is 9.47 Å². The minimum absolute atomic E-state index is 0.0127. The average molecular weight is 297 g/mol. The maximum absolute atomic E-state index is 6.09. The summed E-state index contributed by atoms with van der Waals surface area (Å²) in [6, 6.07) is 6.50. The maximum Gasteiger partial charge on any atom is 0.158 e. The number of hydrogen-bond donors (Lipinski definition) is 0. The quantitative estimate of drug-likeness (QED) is 0.822. The summed E-state index contributed by atoms with van der Waals surface area (Å²) in [5, 5.41) is 0. The van der Waals surface area contributed by atoms with Crippen LogP contribution in [0.3, 0.4) is 0 Å². The molecule has 0 spiro atoms. The van der Waals surface area contributed by atoms with Gasteiger partial charge in [-0.15, -0.1) is 0 Å². The molecule has 1 aromatic rings. The standard InChI is InChI=1S/C14H17BrO2/c15-11-6-4-10-5-7-13(12(10)9-11)17-14-3-1-2-8-16-14/h4,6,9,13-14H,1-3,5,7-8H2. The molecule has 0 aromatic heterocycles. The zero-order chi connectivity index (χ0) is 11.7. The van der Waals surface area contributed by atoms with Crippen LogP contribution in [0.15, 0.2) is 22.7 Å². The summed E-state index contributed by atoms with van der Waals surface area (Å²) in [5.41, 5.74) is 2.77. The van der Waals surface area contributed by atoms with Crippen molar-refractivity contribution in [3.8, 4) is 0 Å². The van der Waals surface area contributed by atoms with E-state index in [0.29, 0.717) is 0 Å². The number of halogens is 1. The highest BCUT2D eigenvalue weighted by molar-refractivity contribution is 9.10. The van der Waals surface area contributed by atoms with E-state index >= 15 is 0 Å². The van der Waals surface area contributed by atoms with E-state index in [1.165, 1.54) is 24.0 Å². The third-order valence-electron chi connectivity index (χ3n) is 3.58. The zero-order valence-electron chi connectivity index (χ0n) is 9.82. The number of rotatable bonds is 2. The lowest BCUT2D eigenvalue weighted by Crippen LogP contribution is -2.23. The molecule has 17 heavy (non-hydrogen) atoms. The van der Waals surface area contributed by atoms with Crippen LogP contribution in [0.2, 0.25) is 0 Å². The van der Waals surface area contributed by atoms with Gasteiger partial charge in [-0.25, -0.2) is 0 Å². The number of ether oxygens (including phenoxy) is 2. The molecule has 0 N–H and O–H groups in total. The van der Waals surface area contributed by atoms with E-state index in [1.54, 1.807) is 0 Å². The first-order chi connectivity index (χ1) is 8.33. The van der Waals surface area contributed by atoms with E-state index in [2.05, 4.69) is 34.1 Å². The lowest BCUT2D eigenvalue weighted by atomic mass is 10.1. The van der Waals surface area contributed by atoms with Crippen LogP contribution in [-0.2, 0) is 15.9 Å². The fourth-order valence-electron chi connectivity index (χ4n) is 2.68. The van der Waals surface area contributed by atoms with Gasteiger partial charge in [0.05, 0.1) is 6.10 Å². The molecule has 3 rings (SSSR count). The molecule has 0 bridgehead atoms. The number of fused-ring (bicyclic) bond motifs is 1. The Bertz CT molecular complexity index is 399. The summed E-state index contributed by atoms with van der Waals surface area (Å²) < 4.78 is 12.9. The lowest BCUT2D eigenvalue weighted by Gasteiger charge is -2.26. The molecule has 92 valence electrons. The van der Waals surface area contributed by atoms with Gasteiger partial charge in [0.15, 0.2) is 6.29 Å². The van der Waals surface area contributed by atoms with Crippen molar-refractivity contribution in [1.29, 1.82) is 0 Å². The predicted molar refractivity (Wildman–Crippen MR) is 69.9 cm³/mol. The molecule has 0 saturated carbocycles. The summed E-state index contributed by atoms with van der Waals surface area (Å²) in [7, 11) is 0. The minimum Gasteiger partial charge on any atom is -0.353 e. The van der Waals surface area contributed by atoms with Crippen molar-refractivity contribution in [2.45, 2.75) is 44.5 Å². The Morgan fingerprint density at radius 3 is 3.00 bits per heavy atom. The number of hydrogen-bond acceptors (Lipinski definition) is 2.